The fraction of sp³-hybridized carbons (Fsp3) is 0.909. The SMILES string of the molecule is CC(C)OCC(=O)NC1CNCCC1C.Cl. The minimum Gasteiger partial charge on any atom is -0.369 e. The number of nitrogens with one attached hydrogen (secondary N) is 2. The number of hydrogen-bond donors (Lipinski definition) is 2. The van der Waals surface area contributed by atoms with Gasteiger partial charge < -0.3 is 15.4 Å². The molecule has 4 nitrogen and oxygen atoms in total. The summed E-state index contributed by atoms with van der Waals surface area (Å²) in [5.41, 5.74) is 0. The van der Waals surface area contributed by atoms with Crippen molar-refractivity contribution in [1.82, 2.24) is 10.6 Å². The molecular weight excluding hydrogens is 228 g/mol. The molecule has 1 amide bonds. The van der Waals surface area contributed by atoms with Gasteiger partial charge in [0.25, 0.3) is 0 Å². The monoisotopic (exact) mass is 250 g/mol. The predicted molar refractivity (Wildman–Crippen MR) is 66.9 cm³/mol. The standard InChI is InChI=1S/C11H22N2O2.ClH/c1-8(2)15-7-11(14)13-10-6-12-5-4-9(10)3;/h8-10,12H,4-7H2,1-3H3,(H,13,14);1H. The second-order valence-corrected chi connectivity index (χ2v) is 4.50. The first-order valence-corrected chi connectivity index (χ1v) is 5.71. The third kappa shape index (κ3) is 5.68. The molecule has 2 unspecified atom stereocenters. The first-order valence-electron chi connectivity index (χ1n) is 5.71. The molecule has 5 heteroatoms. The Kier molecular flexibility index (Phi) is 7.72. The van der Waals surface area contributed by atoms with Crippen molar-refractivity contribution in [3.8, 4) is 0 Å². The van der Waals surface area contributed by atoms with Gasteiger partial charge >= 0.3 is 0 Å². The van der Waals surface area contributed by atoms with Crippen molar-refractivity contribution >= 4 is 18.3 Å². The first-order chi connectivity index (χ1) is 7.09. The second-order valence-electron chi connectivity index (χ2n) is 4.50. The van der Waals surface area contributed by atoms with Crippen LogP contribution >= 0.6 is 12.4 Å². The number of rotatable bonds is 4. The molecule has 0 aliphatic carbocycles. The highest BCUT2D eigenvalue weighted by atomic mass is 35.5. The Balaban J connectivity index is 0.00000225. The number of hydrogen-bond acceptors (Lipinski definition) is 3. The highest BCUT2D eigenvalue weighted by Gasteiger charge is 2.22. The van der Waals surface area contributed by atoms with Crippen LogP contribution in [0, 0.1) is 5.92 Å². The molecule has 16 heavy (non-hydrogen) atoms. The lowest BCUT2D eigenvalue weighted by atomic mass is 9.95. The van der Waals surface area contributed by atoms with Crippen molar-refractivity contribution in [2.75, 3.05) is 19.7 Å². The zero-order chi connectivity index (χ0) is 11.3. The molecule has 1 heterocycles. The fourth-order valence-electron chi connectivity index (χ4n) is 1.67. The molecule has 1 saturated heterocycles. The van der Waals surface area contributed by atoms with Gasteiger partial charge in [-0.05, 0) is 32.7 Å². The number of piperidine rings is 1. The molecule has 1 fully saturated rings. The summed E-state index contributed by atoms with van der Waals surface area (Å²) < 4.78 is 5.25. The number of carbonyl (C=O) groups is 1. The highest BCUT2D eigenvalue weighted by molar-refractivity contribution is 5.85. The van der Waals surface area contributed by atoms with E-state index >= 15 is 0 Å². The minimum atomic E-state index is -0.00995. The maximum Gasteiger partial charge on any atom is 0.246 e. The molecule has 1 aliphatic heterocycles. The van der Waals surface area contributed by atoms with Crippen molar-refractivity contribution in [2.24, 2.45) is 5.92 Å². The Morgan fingerprint density at radius 2 is 2.25 bits per heavy atom. The molecule has 1 aliphatic rings. The lowest BCUT2D eigenvalue weighted by Crippen LogP contribution is -2.51. The van der Waals surface area contributed by atoms with Crippen LogP contribution in [-0.2, 0) is 9.53 Å². The Labute approximate surface area is 104 Å². The topological polar surface area (TPSA) is 50.4 Å². The number of ether oxygens (including phenoxy) is 1. The highest BCUT2D eigenvalue weighted by Crippen LogP contribution is 2.10. The zero-order valence-corrected chi connectivity index (χ0v) is 11.1. The molecule has 2 N–H and O–H groups in total. The number of amides is 1. The fourth-order valence-corrected chi connectivity index (χ4v) is 1.67. The predicted octanol–water partition coefficient (Wildman–Crippen LogP) is 0.947. The molecule has 96 valence electrons. The summed E-state index contributed by atoms with van der Waals surface area (Å²) in [6, 6.07) is 0.252. The van der Waals surface area contributed by atoms with E-state index in [1.807, 2.05) is 13.8 Å². The summed E-state index contributed by atoms with van der Waals surface area (Å²) >= 11 is 0. The van der Waals surface area contributed by atoms with Crippen LogP contribution in [0.25, 0.3) is 0 Å². The van der Waals surface area contributed by atoms with Gasteiger partial charge in [-0.1, -0.05) is 6.92 Å². The summed E-state index contributed by atoms with van der Waals surface area (Å²) in [4.78, 5) is 11.5. The van der Waals surface area contributed by atoms with Gasteiger partial charge in [-0.25, -0.2) is 0 Å². The van der Waals surface area contributed by atoms with E-state index in [-0.39, 0.29) is 37.1 Å². The Hall–Kier alpha value is -0.320. The van der Waals surface area contributed by atoms with E-state index in [0.717, 1.165) is 19.5 Å². The van der Waals surface area contributed by atoms with Gasteiger partial charge in [-0.15, -0.1) is 12.4 Å². The van der Waals surface area contributed by atoms with Crippen molar-refractivity contribution in [3.05, 3.63) is 0 Å². The zero-order valence-electron chi connectivity index (χ0n) is 10.3. The molecule has 0 aromatic carbocycles. The molecule has 0 radical (unpaired) electrons. The Bertz CT molecular complexity index is 212. The van der Waals surface area contributed by atoms with E-state index in [1.54, 1.807) is 0 Å². The summed E-state index contributed by atoms with van der Waals surface area (Å²) in [7, 11) is 0. The van der Waals surface area contributed by atoms with Crippen molar-refractivity contribution < 1.29 is 9.53 Å². The summed E-state index contributed by atoms with van der Waals surface area (Å²) in [6.45, 7) is 8.12. The Morgan fingerprint density at radius 3 is 2.81 bits per heavy atom. The average molecular weight is 251 g/mol. The number of halogens is 1. The lowest BCUT2D eigenvalue weighted by Gasteiger charge is -2.30. The van der Waals surface area contributed by atoms with E-state index in [0.29, 0.717) is 5.92 Å². The lowest BCUT2D eigenvalue weighted by molar-refractivity contribution is -0.128. The van der Waals surface area contributed by atoms with Crippen LogP contribution < -0.4 is 10.6 Å². The van der Waals surface area contributed by atoms with Crippen molar-refractivity contribution in [1.29, 1.82) is 0 Å². The van der Waals surface area contributed by atoms with Crippen molar-refractivity contribution in [3.63, 3.8) is 0 Å². The maximum atomic E-state index is 11.5. The number of carbonyl (C=O) groups excluding carboxylic acids is 1. The quantitative estimate of drug-likeness (QED) is 0.781. The van der Waals surface area contributed by atoms with E-state index in [2.05, 4.69) is 17.6 Å². The molecule has 2 atom stereocenters. The second kappa shape index (κ2) is 7.87. The van der Waals surface area contributed by atoms with Crippen LogP contribution in [-0.4, -0.2) is 37.7 Å². The molecular formula is C11H23ClN2O2. The van der Waals surface area contributed by atoms with Crippen LogP contribution in [0.15, 0.2) is 0 Å². The maximum absolute atomic E-state index is 11.5. The van der Waals surface area contributed by atoms with Gasteiger partial charge in [0.15, 0.2) is 0 Å². The summed E-state index contributed by atoms with van der Waals surface area (Å²) in [6.07, 6.45) is 1.23. The van der Waals surface area contributed by atoms with E-state index < -0.39 is 0 Å². The van der Waals surface area contributed by atoms with E-state index in [9.17, 15) is 4.79 Å². The normalized spacial score (nSPS) is 25.0. The summed E-state index contributed by atoms with van der Waals surface area (Å²) in [5.74, 6) is 0.540. The third-order valence-electron chi connectivity index (χ3n) is 2.72. The van der Waals surface area contributed by atoms with Gasteiger partial charge in [0.1, 0.15) is 6.61 Å². The van der Waals surface area contributed by atoms with Gasteiger partial charge in [-0.3, -0.25) is 4.79 Å². The van der Waals surface area contributed by atoms with Gasteiger partial charge in [0.2, 0.25) is 5.91 Å². The molecule has 0 spiro atoms. The van der Waals surface area contributed by atoms with Crippen LogP contribution in [0.4, 0.5) is 0 Å². The average Bonchev–Trinajstić information content (AvgIpc) is 2.18. The molecule has 0 saturated carbocycles. The van der Waals surface area contributed by atoms with Crippen LogP contribution in [0.5, 0.6) is 0 Å². The Morgan fingerprint density at radius 1 is 1.56 bits per heavy atom. The molecule has 1 rings (SSSR count). The van der Waals surface area contributed by atoms with Crippen molar-refractivity contribution in [2.45, 2.75) is 39.3 Å². The van der Waals surface area contributed by atoms with E-state index in [1.165, 1.54) is 0 Å². The van der Waals surface area contributed by atoms with Crippen LogP contribution in [0.1, 0.15) is 27.2 Å². The van der Waals surface area contributed by atoms with Crippen LogP contribution in [0.2, 0.25) is 0 Å². The van der Waals surface area contributed by atoms with Gasteiger partial charge in [-0.2, -0.15) is 0 Å². The van der Waals surface area contributed by atoms with Gasteiger partial charge in [0.05, 0.1) is 6.10 Å². The van der Waals surface area contributed by atoms with Crippen LogP contribution in [0.3, 0.4) is 0 Å². The van der Waals surface area contributed by atoms with Gasteiger partial charge in [0, 0.05) is 12.6 Å². The molecule has 0 bridgehead atoms. The largest absolute Gasteiger partial charge is 0.369 e. The first kappa shape index (κ1) is 15.7. The minimum absolute atomic E-state index is 0. The summed E-state index contributed by atoms with van der Waals surface area (Å²) in [5, 5.41) is 6.28. The molecule has 0 aromatic heterocycles. The smallest absolute Gasteiger partial charge is 0.246 e. The molecule has 0 aromatic rings. The van der Waals surface area contributed by atoms with E-state index in [4.69, 9.17) is 4.74 Å². The third-order valence-corrected chi connectivity index (χ3v) is 2.72.